The molecule has 0 aliphatic carbocycles. The van der Waals surface area contributed by atoms with Crippen LogP contribution in [0.4, 0.5) is 0 Å². The van der Waals surface area contributed by atoms with Gasteiger partial charge in [-0.25, -0.2) is 22.9 Å². The Labute approximate surface area is 138 Å². The lowest BCUT2D eigenvalue weighted by Crippen LogP contribution is -2.24. The maximum Gasteiger partial charge on any atom is 0.355 e. The van der Waals surface area contributed by atoms with Crippen LogP contribution in [0.15, 0.2) is 22.4 Å². The molecule has 9 heteroatoms. The number of nitrogens with one attached hydrogen (secondary N) is 1. The average molecular weight is 356 g/mol. The first-order chi connectivity index (χ1) is 10.7. The number of aromatic nitrogens is 1. The number of ether oxygens (including phenoxy) is 1. The van der Waals surface area contributed by atoms with Crippen LogP contribution < -0.4 is 9.46 Å². The van der Waals surface area contributed by atoms with Crippen molar-refractivity contribution >= 4 is 27.3 Å². The topological polar surface area (TPSA) is 106 Å². The zero-order valence-electron chi connectivity index (χ0n) is 12.8. The van der Waals surface area contributed by atoms with Gasteiger partial charge in [0.25, 0.3) is 0 Å². The predicted molar refractivity (Wildman–Crippen MR) is 85.6 cm³/mol. The molecule has 0 aliphatic rings. The first-order valence-corrected chi connectivity index (χ1v) is 8.93. The van der Waals surface area contributed by atoms with E-state index in [0.29, 0.717) is 21.9 Å². The van der Waals surface area contributed by atoms with E-state index in [9.17, 15) is 13.2 Å². The van der Waals surface area contributed by atoms with Gasteiger partial charge in [0.15, 0.2) is 5.69 Å². The van der Waals surface area contributed by atoms with Crippen molar-refractivity contribution < 1.29 is 23.1 Å². The van der Waals surface area contributed by atoms with Crippen molar-refractivity contribution in [3.63, 3.8) is 0 Å². The normalized spacial score (nSPS) is 11.4. The van der Waals surface area contributed by atoms with Crippen LogP contribution in [-0.2, 0) is 16.6 Å². The van der Waals surface area contributed by atoms with Gasteiger partial charge in [-0.15, -0.1) is 11.3 Å². The van der Waals surface area contributed by atoms with E-state index in [0.717, 1.165) is 11.3 Å². The molecular formula is C14H16N2O5S2. The summed E-state index contributed by atoms with van der Waals surface area (Å²) in [4.78, 5) is 14.8. The summed E-state index contributed by atoms with van der Waals surface area (Å²) in [5, 5.41) is 10.6. The van der Waals surface area contributed by atoms with Gasteiger partial charge in [0.05, 0.1) is 18.6 Å². The minimum Gasteiger partial charge on any atom is -0.496 e. The van der Waals surface area contributed by atoms with Gasteiger partial charge >= 0.3 is 5.97 Å². The number of thiazole rings is 1. The molecule has 2 rings (SSSR count). The van der Waals surface area contributed by atoms with E-state index in [1.165, 1.54) is 12.5 Å². The van der Waals surface area contributed by atoms with E-state index in [-0.39, 0.29) is 17.1 Å². The van der Waals surface area contributed by atoms with Crippen LogP contribution in [0, 0.1) is 13.8 Å². The maximum atomic E-state index is 12.4. The summed E-state index contributed by atoms with van der Waals surface area (Å²) in [5.41, 5.74) is 1.17. The number of aryl methyl sites for hydroxylation is 2. The molecule has 0 bridgehead atoms. The number of hydrogen-bond donors (Lipinski definition) is 2. The zero-order chi connectivity index (χ0) is 17.2. The van der Waals surface area contributed by atoms with Gasteiger partial charge in [-0.1, -0.05) is 0 Å². The molecular weight excluding hydrogens is 340 g/mol. The largest absolute Gasteiger partial charge is 0.496 e. The predicted octanol–water partition coefficient (Wildman–Crippen LogP) is 1.95. The molecule has 23 heavy (non-hydrogen) atoms. The summed E-state index contributed by atoms with van der Waals surface area (Å²) in [6.07, 6.45) is 0. The summed E-state index contributed by atoms with van der Waals surface area (Å²) in [6, 6.07) is 3.21. The van der Waals surface area contributed by atoms with Crippen molar-refractivity contribution in [3.8, 4) is 5.75 Å². The summed E-state index contributed by atoms with van der Waals surface area (Å²) >= 11 is 1.09. The highest BCUT2D eigenvalue weighted by atomic mass is 32.2. The Morgan fingerprint density at radius 2 is 2.04 bits per heavy atom. The van der Waals surface area contributed by atoms with Crippen LogP contribution in [0.5, 0.6) is 5.75 Å². The van der Waals surface area contributed by atoms with Crippen molar-refractivity contribution in [2.75, 3.05) is 7.11 Å². The van der Waals surface area contributed by atoms with Crippen LogP contribution in [0.1, 0.15) is 26.6 Å². The Morgan fingerprint density at radius 3 is 2.61 bits per heavy atom. The number of rotatable bonds is 6. The van der Waals surface area contributed by atoms with E-state index in [2.05, 4.69) is 9.71 Å². The highest BCUT2D eigenvalue weighted by Gasteiger charge is 2.19. The standard InChI is InChI=1S/C14H16N2O5S2/c1-8-5-12(9(2)4-11(8)21-3)23(19,20)15-6-13-16-10(7-22-13)14(17)18/h4-5,7,15H,6H2,1-3H3,(H,17,18). The Kier molecular flexibility index (Phi) is 5.03. The fourth-order valence-electron chi connectivity index (χ4n) is 2.00. The zero-order valence-corrected chi connectivity index (χ0v) is 14.4. The van der Waals surface area contributed by atoms with E-state index in [1.54, 1.807) is 26.0 Å². The molecule has 0 saturated carbocycles. The fraction of sp³-hybridized carbons (Fsp3) is 0.286. The number of aromatic carboxylic acids is 1. The van der Waals surface area contributed by atoms with Crippen molar-refractivity contribution in [1.82, 2.24) is 9.71 Å². The van der Waals surface area contributed by atoms with E-state index in [1.807, 2.05) is 0 Å². The quantitative estimate of drug-likeness (QED) is 0.819. The molecule has 124 valence electrons. The van der Waals surface area contributed by atoms with Gasteiger partial charge in [0, 0.05) is 5.38 Å². The Hall–Kier alpha value is -1.97. The molecule has 1 heterocycles. The molecule has 1 aromatic heterocycles. The number of carboxylic acid groups (broad SMARTS) is 1. The summed E-state index contributed by atoms with van der Waals surface area (Å²) in [5.74, 6) is -0.524. The minimum atomic E-state index is -3.73. The molecule has 2 aromatic rings. The minimum absolute atomic E-state index is 0.0647. The smallest absolute Gasteiger partial charge is 0.355 e. The molecule has 1 aromatic carbocycles. The number of benzene rings is 1. The molecule has 0 atom stereocenters. The van der Waals surface area contributed by atoms with Crippen molar-refractivity contribution in [3.05, 3.63) is 39.3 Å². The van der Waals surface area contributed by atoms with E-state index in [4.69, 9.17) is 9.84 Å². The van der Waals surface area contributed by atoms with Crippen molar-refractivity contribution in [2.24, 2.45) is 0 Å². The third kappa shape index (κ3) is 3.87. The van der Waals surface area contributed by atoms with E-state index < -0.39 is 16.0 Å². The lowest BCUT2D eigenvalue weighted by Gasteiger charge is -2.12. The SMILES string of the molecule is COc1cc(C)c(S(=O)(=O)NCc2nc(C(=O)O)cs2)cc1C. The average Bonchev–Trinajstić information content (AvgIpc) is 2.96. The third-order valence-electron chi connectivity index (χ3n) is 3.17. The van der Waals surface area contributed by atoms with E-state index >= 15 is 0 Å². The van der Waals surface area contributed by atoms with Crippen LogP contribution in [0.3, 0.4) is 0 Å². The summed E-state index contributed by atoms with van der Waals surface area (Å²) in [6.45, 7) is 3.38. The number of hydrogen-bond acceptors (Lipinski definition) is 6. The number of sulfonamides is 1. The van der Waals surface area contributed by atoms with Crippen molar-refractivity contribution in [1.29, 1.82) is 0 Å². The number of carbonyl (C=O) groups is 1. The molecule has 0 radical (unpaired) electrons. The second-order valence-corrected chi connectivity index (χ2v) is 7.52. The number of methoxy groups -OCH3 is 1. The van der Waals surface area contributed by atoms with Gasteiger partial charge in [-0.05, 0) is 37.1 Å². The molecule has 0 aliphatic heterocycles. The maximum absolute atomic E-state index is 12.4. The fourth-order valence-corrected chi connectivity index (χ4v) is 4.09. The van der Waals surface area contributed by atoms with Crippen LogP contribution in [0.25, 0.3) is 0 Å². The second-order valence-electron chi connectivity index (χ2n) is 4.84. The number of carboxylic acids is 1. The van der Waals surface area contributed by atoms with Crippen molar-refractivity contribution in [2.45, 2.75) is 25.3 Å². The van der Waals surface area contributed by atoms with Gasteiger partial charge in [-0.3, -0.25) is 0 Å². The third-order valence-corrected chi connectivity index (χ3v) is 5.56. The lowest BCUT2D eigenvalue weighted by atomic mass is 10.1. The molecule has 0 spiro atoms. The first-order valence-electron chi connectivity index (χ1n) is 6.57. The summed E-state index contributed by atoms with van der Waals surface area (Å²) in [7, 11) is -2.21. The molecule has 0 saturated heterocycles. The molecule has 0 fully saturated rings. The molecule has 0 amide bonds. The van der Waals surface area contributed by atoms with Gasteiger partial charge in [0.2, 0.25) is 10.0 Å². The Bertz CT molecular complexity index is 843. The van der Waals surface area contributed by atoms with Crippen LogP contribution in [0.2, 0.25) is 0 Å². The first kappa shape index (κ1) is 17.4. The van der Waals surface area contributed by atoms with Gasteiger partial charge < -0.3 is 9.84 Å². The monoisotopic (exact) mass is 356 g/mol. The number of nitrogens with zero attached hydrogens (tertiary/aromatic N) is 1. The van der Waals surface area contributed by atoms with Crippen LogP contribution in [-0.4, -0.2) is 31.6 Å². The van der Waals surface area contributed by atoms with Gasteiger partial charge in [-0.2, -0.15) is 0 Å². The Morgan fingerprint density at radius 1 is 1.35 bits per heavy atom. The molecule has 2 N–H and O–H groups in total. The molecule has 7 nitrogen and oxygen atoms in total. The molecule has 0 unspecified atom stereocenters. The Balaban J connectivity index is 2.21. The highest BCUT2D eigenvalue weighted by molar-refractivity contribution is 7.89. The lowest BCUT2D eigenvalue weighted by molar-refractivity contribution is 0.0691. The van der Waals surface area contributed by atoms with Gasteiger partial charge in [0.1, 0.15) is 10.8 Å². The second kappa shape index (κ2) is 6.65. The van der Waals surface area contributed by atoms with Crippen LogP contribution >= 0.6 is 11.3 Å². The summed E-state index contributed by atoms with van der Waals surface area (Å²) < 4.78 is 32.5. The highest BCUT2D eigenvalue weighted by Crippen LogP contribution is 2.25.